The minimum Gasteiger partial charge on any atom is -0.457 e. The van der Waals surface area contributed by atoms with Gasteiger partial charge < -0.3 is 9.47 Å². The molecule has 0 spiro atoms. The zero-order chi connectivity index (χ0) is 14.4. The van der Waals surface area contributed by atoms with E-state index in [-0.39, 0.29) is 5.75 Å². The zero-order valence-electron chi connectivity index (χ0n) is 11.2. The Balaban J connectivity index is 2.05. The van der Waals surface area contributed by atoms with Crippen LogP contribution in [-0.4, -0.2) is 6.61 Å². The van der Waals surface area contributed by atoms with Crippen molar-refractivity contribution in [2.24, 2.45) is 0 Å². The van der Waals surface area contributed by atoms with Crippen LogP contribution in [0.25, 0.3) is 0 Å². The van der Waals surface area contributed by atoms with Gasteiger partial charge in [-0.25, -0.2) is 0 Å². The summed E-state index contributed by atoms with van der Waals surface area (Å²) in [7, 11) is 0. The van der Waals surface area contributed by atoms with E-state index >= 15 is 0 Å². The summed E-state index contributed by atoms with van der Waals surface area (Å²) in [5.74, 6) is 1.21. The van der Waals surface area contributed by atoms with Crippen LogP contribution >= 0.6 is 0 Å². The molecule has 0 bridgehead atoms. The van der Waals surface area contributed by atoms with E-state index in [4.69, 9.17) is 4.74 Å². The van der Waals surface area contributed by atoms with Gasteiger partial charge >= 0.3 is 6.61 Å². The molecule has 0 radical (unpaired) electrons. The molecule has 2 rings (SSSR count). The molecule has 2 aromatic rings. The maximum atomic E-state index is 12.1. The first-order valence-electron chi connectivity index (χ1n) is 6.49. The summed E-state index contributed by atoms with van der Waals surface area (Å²) in [6.45, 7) is -0.711. The molecule has 2 nitrogen and oxygen atoms in total. The first-order valence-corrected chi connectivity index (χ1v) is 6.49. The Hall–Kier alpha value is -2.10. The van der Waals surface area contributed by atoms with Gasteiger partial charge in [0, 0.05) is 6.07 Å². The minimum atomic E-state index is -2.83. The highest BCUT2D eigenvalue weighted by Crippen LogP contribution is 2.26. The van der Waals surface area contributed by atoms with Crippen LogP contribution < -0.4 is 9.47 Å². The largest absolute Gasteiger partial charge is 0.457 e. The zero-order valence-corrected chi connectivity index (χ0v) is 11.2. The lowest BCUT2D eigenvalue weighted by atomic mass is 10.1. The van der Waals surface area contributed by atoms with E-state index in [1.165, 1.54) is 17.7 Å². The summed E-state index contributed by atoms with van der Waals surface area (Å²) in [6.07, 6.45) is 2.12. The van der Waals surface area contributed by atoms with Gasteiger partial charge in [-0.3, -0.25) is 0 Å². The summed E-state index contributed by atoms with van der Waals surface area (Å²) in [4.78, 5) is 0. The van der Waals surface area contributed by atoms with Crippen LogP contribution in [0.3, 0.4) is 0 Å². The van der Waals surface area contributed by atoms with Gasteiger partial charge in [-0.1, -0.05) is 31.5 Å². The third-order valence-electron chi connectivity index (χ3n) is 2.73. The number of ether oxygens (including phenoxy) is 2. The molecular weight excluding hydrogens is 262 g/mol. The van der Waals surface area contributed by atoms with E-state index in [1.54, 1.807) is 12.1 Å². The van der Waals surface area contributed by atoms with Gasteiger partial charge in [0.1, 0.15) is 17.2 Å². The number of benzene rings is 2. The monoisotopic (exact) mass is 278 g/mol. The van der Waals surface area contributed by atoms with Gasteiger partial charge in [-0.15, -0.1) is 0 Å². The van der Waals surface area contributed by atoms with Crippen LogP contribution in [0.4, 0.5) is 8.78 Å². The van der Waals surface area contributed by atoms with Crippen molar-refractivity contribution in [2.45, 2.75) is 26.4 Å². The second-order valence-electron chi connectivity index (χ2n) is 4.35. The highest BCUT2D eigenvalue weighted by atomic mass is 19.3. The highest BCUT2D eigenvalue weighted by molar-refractivity contribution is 5.37. The van der Waals surface area contributed by atoms with Crippen molar-refractivity contribution in [3.63, 3.8) is 0 Å². The molecule has 0 N–H and O–H groups in total. The number of hydrogen-bond acceptors (Lipinski definition) is 2. The smallest absolute Gasteiger partial charge is 0.387 e. The van der Waals surface area contributed by atoms with Gasteiger partial charge in [0.2, 0.25) is 0 Å². The van der Waals surface area contributed by atoms with Crippen molar-refractivity contribution in [3.8, 4) is 17.2 Å². The van der Waals surface area contributed by atoms with Gasteiger partial charge in [0.25, 0.3) is 0 Å². The van der Waals surface area contributed by atoms with Crippen LogP contribution in [0.1, 0.15) is 18.9 Å². The number of halogens is 2. The van der Waals surface area contributed by atoms with Crippen molar-refractivity contribution in [3.05, 3.63) is 54.1 Å². The first-order chi connectivity index (χ1) is 9.67. The van der Waals surface area contributed by atoms with E-state index < -0.39 is 6.61 Å². The molecule has 0 aliphatic carbocycles. The Morgan fingerprint density at radius 2 is 1.65 bits per heavy atom. The molecule has 0 aliphatic heterocycles. The van der Waals surface area contributed by atoms with Crippen molar-refractivity contribution in [1.29, 1.82) is 0 Å². The minimum absolute atomic E-state index is 0.0834. The lowest BCUT2D eigenvalue weighted by Gasteiger charge is -2.09. The maximum absolute atomic E-state index is 12.1. The van der Waals surface area contributed by atoms with E-state index in [9.17, 15) is 8.78 Å². The van der Waals surface area contributed by atoms with E-state index in [0.717, 1.165) is 12.8 Å². The molecule has 4 heteroatoms. The molecule has 0 aliphatic rings. The predicted octanol–water partition coefficient (Wildman–Crippen LogP) is 5.03. The second kappa shape index (κ2) is 6.89. The third-order valence-corrected chi connectivity index (χ3v) is 2.73. The second-order valence-corrected chi connectivity index (χ2v) is 4.35. The molecule has 106 valence electrons. The normalized spacial score (nSPS) is 10.6. The Morgan fingerprint density at radius 3 is 2.30 bits per heavy atom. The molecular formula is C16H16F2O2. The van der Waals surface area contributed by atoms with Crippen molar-refractivity contribution in [2.75, 3.05) is 0 Å². The van der Waals surface area contributed by atoms with Crippen LogP contribution in [0.2, 0.25) is 0 Å². The Morgan fingerprint density at radius 1 is 0.950 bits per heavy atom. The fraction of sp³-hybridized carbons (Fsp3) is 0.250. The average molecular weight is 278 g/mol. The molecule has 20 heavy (non-hydrogen) atoms. The van der Waals surface area contributed by atoms with Gasteiger partial charge in [0.15, 0.2) is 0 Å². The number of aryl methyl sites for hydroxylation is 1. The van der Waals surface area contributed by atoms with Gasteiger partial charge in [-0.2, -0.15) is 8.78 Å². The summed E-state index contributed by atoms with van der Waals surface area (Å²) in [5, 5.41) is 0. The average Bonchev–Trinajstić information content (AvgIpc) is 2.41. The van der Waals surface area contributed by atoms with Gasteiger partial charge in [-0.05, 0) is 36.2 Å². The van der Waals surface area contributed by atoms with Gasteiger partial charge in [0.05, 0.1) is 0 Å². The maximum Gasteiger partial charge on any atom is 0.387 e. The van der Waals surface area contributed by atoms with Crippen LogP contribution in [-0.2, 0) is 6.42 Å². The summed E-state index contributed by atoms with van der Waals surface area (Å²) in [6, 6.07) is 13.9. The van der Waals surface area contributed by atoms with Crippen LogP contribution in [0.5, 0.6) is 17.2 Å². The quantitative estimate of drug-likeness (QED) is 0.737. The van der Waals surface area contributed by atoms with E-state index in [0.29, 0.717) is 11.5 Å². The molecule has 0 aromatic heterocycles. The summed E-state index contributed by atoms with van der Waals surface area (Å²) in [5.41, 5.74) is 1.25. The predicted molar refractivity (Wildman–Crippen MR) is 73.6 cm³/mol. The fourth-order valence-electron chi connectivity index (χ4n) is 1.86. The van der Waals surface area contributed by atoms with Crippen molar-refractivity contribution >= 4 is 0 Å². The van der Waals surface area contributed by atoms with Crippen molar-refractivity contribution in [1.82, 2.24) is 0 Å². The number of alkyl halides is 2. The molecule has 2 aromatic carbocycles. The van der Waals surface area contributed by atoms with E-state index in [1.807, 2.05) is 24.3 Å². The Bertz CT molecular complexity index is 538. The topological polar surface area (TPSA) is 18.5 Å². The Kier molecular flexibility index (Phi) is 4.93. The van der Waals surface area contributed by atoms with Crippen LogP contribution in [0.15, 0.2) is 48.5 Å². The molecule has 0 fully saturated rings. The first kappa shape index (κ1) is 14.3. The SMILES string of the molecule is CCCc1ccc(Oc2cccc(OC(F)F)c2)cc1. The fourth-order valence-corrected chi connectivity index (χ4v) is 1.86. The Labute approximate surface area is 117 Å². The molecule has 0 atom stereocenters. The van der Waals surface area contributed by atoms with Crippen LogP contribution in [0, 0.1) is 0 Å². The number of rotatable bonds is 6. The molecule has 0 heterocycles. The lowest BCUT2D eigenvalue weighted by molar-refractivity contribution is -0.0499. The molecule has 0 amide bonds. The third kappa shape index (κ3) is 4.23. The summed E-state index contributed by atoms with van der Waals surface area (Å²) >= 11 is 0. The van der Waals surface area contributed by atoms with E-state index in [2.05, 4.69) is 11.7 Å². The molecule has 0 saturated carbocycles. The molecule has 0 saturated heterocycles. The lowest BCUT2D eigenvalue weighted by Crippen LogP contribution is -2.01. The van der Waals surface area contributed by atoms with Crippen molar-refractivity contribution < 1.29 is 18.3 Å². The molecule has 0 unspecified atom stereocenters. The summed E-state index contributed by atoms with van der Waals surface area (Å²) < 4.78 is 34.2. The number of hydrogen-bond donors (Lipinski definition) is 0. The highest BCUT2D eigenvalue weighted by Gasteiger charge is 2.05. The standard InChI is InChI=1S/C16H16F2O2/c1-2-4-12-7-9-13(10-8-12)19-14-5-3-6-15(11-14)20-16(17)18/h3,5-11,16H,2,4H2,1H3.